The van der Waals surface area contributed by atoms with Gasteiger partial charge in [0.2, 0.25) is 0 Å². The predicted octanol–water partition coefficient (Wildman–Crippen LogP) is 3.92. The number of para-hydroxylation sites is 1. The standard InChI is InChI=1S/C28H25N3O4/c1-34-27(33)25-24(26(32)31-21-13-8-16-29-18-21)22-14-15-28(25,35-22)23(17-19-9-4-2-5-10-19)30-20-11-6-3-7-12-20/h2-16,18,22-23,30H,17H2,1H3,(H,31,32). The van der Waals surface area contributed by atoms with Gasteiger partial charge in [-0.05, 0) is 42.3 Å². The van der Waals surface area contributed by atoms with E-state index in [2.05, 4.69) is 15.6 Å². The van der Waals surface area contributed by atoms with Gasteiger partial charge in [0.25, 0.3) is 5.91 Å². The van der Waals surface area contributed by atoms with Gasteiger partial charge in [0.1, 0.15) is 11.7 Å². The maximum absolute atomic E-state index is 13.4. The molecule has 7 heteroatoms. The Morgan fingerprint density at radius 1 is 1.03 bits per heavy atom. The van der Waals surface area contributed by atoms with Gasteiger partial charge in [0.15, 0.2) is 0 Å². The number of benzene rings is 2. The van der Waals surface area contributed by atoms with E-state index < -0.39 is 29.6 Å². The van der Waals surface area contributed by atoms with Crippen molar-refractivity contribution >= 4 is 23.3 Å². The van der Waals surface area contributed by atoms with Crippen molar-refractivity contribution in [3.63, 3.8) is 0 Å². The first kappa shape index (κ1) is 22.6. The van der Waals surface area contributed by atoms with Crippen molar-refractivity contribution in [1.82, 2.24) is 4.98 Å². The molecule has 3 heterocycles. The summed E-state index contributed by atoms with van der Waals surface area (Å²) in [5, 5.41) is 6.38. The summed E-state index contributed by atoms with van der Waals surface area (Å²) < 4.78 is 11.6. The van der Waals surface area contributed by atoms with Gasteiger partial charge in [-0.25, -0.2) is 4.79 Å². The van der Waals surface area contributed by atoms with E-state index in [1.165, 1.54) is 7.11 Å². The molecule has 3 unspecified atom stereocenters. The van der Waals surface area contributed by atoms with Crippen LogP contribution in [-0.4, -0.2) is 41.7 Å². The number of esters is 1. The Kier molecular flexibility index (Phi) is 6.16. The van der Waals surface area contributed by atoms with Crippen molar-refractivity contribution in [2.24, 2.45) is 0 Å². The average Bonchev–Trinajstić information content (AvgIpc) is 3.48. The Hall–Kier alpha value is -4.23. The lowest BCUT2D eigenvalue weighted by molar-refractivity contribution is -0.138. The number of hydrogen-bond acceptors (Lipinski definition) is 6. The lowest BCUT2D eigenvalue weighted by atomic mass is 9.78. The van der Waals surface area contributed by atoms with Crippen LogP contribution in [0.15, 0.2) is 108 Å². The minimum atomic E-state index is -1.19. The van der Waals surface area contributed by atoms with Gasteiger partial charge in [0, 0.05) is 11.9 Å². The molecule has 3 atom stereocenters. The highest BCUT2D eigenvalue weighted by Crippen LogP contribution is 2.47. The van der Waals surface area contributed by atoms with E-state index in [9.17, 15) is 9.59 Å². The molecule has 0 saturated heterocycles. The molecule has 7 nitrogen and oxygen atoms in total. The summed E-state index contributed by atoms with van der Waals surface area (Å²) in [6.07, 6.45) is 6.74. The van der Waals surface area contributed by atoms with Crippen LogP contribution in [-0.2, 0) is 25.5 Å². The van der Waals surface area contributed by atoms with Gasteiger partial charge in [0.05, 0.1) is 36.2 Å². The Labute approximate surface area is 203 Å². The molecule has 2 aromatic carbocycles. The summed E-state index contributed by atoms with van der Waals surface area (Å²) >= 11 is 0. The molecule has 2 aliphatic rings. The highest BCUT2D eigenvalue weighted by atomic mass is 16.5. The smallest absolute Gasteiger partial charge is 0.337 e. The molecular weight excluding hydrogens is 442 g/mol. The van der Waals surface area contributed by atoms with E-state index in [0.717, 1.165) is 11.3 Å². The van der Waals surface area contributed by atoms with E-state index in [1.807, 2.05) is 72.8 Å². The van der Waals surface area contributed by atoms with Crippen LogP contribution in [0.25, 0.3) is 0 Å². The number of aromatic nitrogens is 1. The van der Waals surface area contributed by atoms with Gasteiger partial charge in [-0.1, -0.05) is 54.6 Å². The molecule has 0 radical (unpaired) electrons. The van der Waals surface area contributed by atoms with E-state index in [4.69, 9.17) is 9.47 Å². The molecule has 0 spiro atoms. The quantitative estimate of drug-likeness (QED) is 0.386. The van der Waals surface area contributed by atoms with Gasteiger partial charge < -0.3 is 20.1 Å². The summed E-state index contributed by atoms with van der Waals surface area (Å²) in [5.41, 5.74) is 1.73. The van der Waals surface area contributed by atoms with Crippen molar-refractivity contribution in [3.05, 3.63) is 114 Å². The van der Waals surface area contributed by atoms with Crippen LogP contribution < -0.4 is 10.6 Å². The van der Waals surface area contributed by atoms with Crippen molar-refractivity contribution < 1.29 is 19.1 Å². The van der Waals surface area contributed by atoms with Crippen LogP contribution in [0.4, 0.5) is 11.4 Å². The van der Waals surface area contributed by atoms with Crippen LogP contribution in [0.3, 0.4) is 0 Å². The highest BCUT2D eigenvalue weighted by molar-refractivity contribution is 6.12. The number of carbonyl (C=O) groups excluding carboxylic acids is 2. The second kappa shape index (κ2) is 9.56. The monoisotopic (exact) mass is 467 g/mol. The third kappa shape index (κ3) is 4.34. The number of hydrogen-bond donors (Lipinski definition) is 2. The zero-order valence-corrected chi connectivity index (χ0v) is 19.2. The zero-order valence-electron chi connectivity index (χ0n) is 19.2. The lowest BCUT2D eigenvalue weighted by Gasteiger charge is -2.36. The molecule has 2 aliphatic heterocycles. The third-order valence-corrected chi connectivity index (χ3v) is 6.25. The molecule has 3 aromatic rings. The highest BCUT2D eigenvalue weighted by Gasteiger charge is 2.58. The number of pyridine rings is 1. The molecule has 1 aromatic heterocycles. The fourth-order valence-electron chi connectivity index (χ4n) is 4.69. The number of nitrogens with one attached hydrogen (secondary N) is 2. The molecule has 0 fully saturated rings. The van der Waals surface area contributed by atoms with Crippen LogP contribution in [0.1, 0.15) is 5.56 Å². The number of fused-ring (bicyclic) bond motifs is 2. The molecule has 2 N–H and O–H groups in total. The van der Waals surface area contributed by atoms with Crippen molar-refractivity contribution in [2.75, 3.05) is 17.7 Å². The van der Waals surface area contributed by atoms with Gasteiger partial charge in [-0.2, -0.15) is 0 Å². The van der Waals surface area contributed by atoms with E-state index in [0.29, 0.717) is 12.1 Å². The number of ether oxygens (including phenoxy) is 2. The Morgan fingerprint density at radius 2 is 1.74 bits per heavy atom. The summed E-state index contributed by atoms with van der Waals surface area (Å²) in [4.78, 5) is 30.6. The normalized spacial score (nSPS) is 21.0. The topological polar surface area (TPSA) is 89.6 Å². The van der Waals surface area contributed by atoms with Gasteiger partial charge in [-0.15, -0.1) is 0 Å². The van der Waals surface area contributed by atoms with Crippen LogP contribution in [0.2, 0.25) is 0 Å². The number of nitrogens with zero attached hydrogens (tertiary/aromatic N) is 1. The van der Waals surface area contributed by atoms with Crippen molar-refractivity contribution in [3.8, 4) is 0 Å². The number of methoxy groups -OCH3 is 1. The van der Waals surface area contributed by atoms with Crippen LogP contribution in [0.5, 0.6) is 0 Å². The zero-order chi connectivity index (χ0) is 24.3. The maximum Gasteiger partial charge on any atom is 0.337 e. The Morgan fingerprint density at radius 3 is 2.43 bits per heavy atom. The molecule has 35 heavy (non-hydrogen) atoms. The average molecular weight is 468 g/mol. The van der Waals surface area contributed by atoms with Crippen LogP contribution >= 0.6 is 0 Å². The first-order chi connectivity index (χ1) is 17.1. The maximum atomic E-state index is 13.4. The number of amides is 1. The molecule has 0 aliphatic carbocycles. The molecule has 0 saturated carbocycles. The van der Waals surface area contributed by atoms with Crippen molar-refractivity contribution in [1.29, 1.82) is 0 Å². The molecule has 2 bridgehead atoms. The number of rotatable bonds is 8. The summed E-state index contributed by atoms with van der Waals surface area (Å²) in [6.45, 7) is 0. The van der Waals surface area contributed by atoms with E-state index in [-0.39, 0.29) is 11.1 Å². The third-order valence-electron chi connectivity index (χ3n) is 6.25. The second-order valence-electron chi connectivity index (χ2n) is 8.42. The summed E-state index contributed by atoms with van der Waals surface area (Å²) in [7, 11) is 1.31. The van der Waals surface area contributed by atoms with Gasteiger partial charge in [-0.3, -0.25) is 9.78 Å². The number of carbonyl (C=O) groups is 2. The molecule has 176 valence electrons. The first-order valence-corrected chi connectivity index (χ1v) is 11.4. The fraction of sp³-hybridized carbons (Fsp3) is 0.179. The summed E-state index contributed by atoms with van der Waals surface area (Å²) in [6, 6.07) is 22.7. The molecular formula is C28H25N3O4. The van der Waals surface area contributed by atoms with Crippen molar-refractivity contribution in [2.45, 2.75) is 24.2 Å². The van der Waals surface area contributed by atoms with E-state index >= 15 is 0 Å². The van der Waals surface area contributed by atoms with Crippen LogP contribution in [0, 0.1) is 0 Å². The fourth-order valence-corrected chi connectivity index (χ4v) is 4.69. The molecule has 1 amide bonds. The number of anilines is 2. The minimum absolute atomic E-state index is 0.207. The molecule has 5 rings (SSSR count). The second-order valence-corrected chi connectivity index (χ2v) is 8.42. The Bertz CT molecular complexity index is 1230. The Balaban J connectivity index is 1.57. The lowest BCUT2D eigenvalue weighted by Crippen LogP contribution is -2.49. The first-order valence-electron chi connectivity index (χ1n) is 11.4. The summed E-state index contributed by atoms with van der Waals surface area (Å²) in [5.74, 6) is -1.02. The van der Waals surface area contributed by atoms with E-state index in [1.54, 1.807) is 24.5 Å². The SMILES string of the molecule is COC(=O)C1=C(C(=O)Nc2cccnc2)C2C=CC1(C(Cc1ccccc1)Nc1ccccc1)O2. The predicted molar refractivity (Wildman–Crippen MR) is 133 cm³/mol. The minimum Gasteiger partial charge on any atom is -0.466 e. The largest absolute Gasteiger partial charge is 0.466 e. The van der Waals surface area contributed by atoms with Gasteiger partial charge >= 0.3 is 5.97 Å².